The molecule has 3 rings (SSSR count). The van der Waals surface area contributed by atoms with Crippen LogP contribution in [-0.2, 0) is 4.74 Å². The number of nitrogens with zero attached hydrogens (tertiary/aromatic N) is 3. The fourth-order valence-corrected chi connectivity index (χ4v) is 2.27. The van der Waals surface area contributed by atoms with Crippen molar-refractivity contribution in [2.75, 3.05) is 12.3 Å². The summed E-state index contributed by atoms with van der Waals surface area (Å²) in [6.07, 6.45) is 2.04. The third-order valence-corrected chi connectivity index (χ3v) is 3.23. The molecule has 18 heavy (non-hydrogen) atoms. The molecule has 7 nitrogen and oxygen atoms in total. The summed E-state index contributed by atoms with van der Waals surface area (Å²) >= 11 is 0. The largest absolute Gasteiger partial charge is 0.394 e. The summed E-state index contributed by atoms with van der Waals surface area (Å²) in [7, 11) is 0. The van der Waals surface area contributed by atoms with Crippen LogP contribution in [0.5, 0.6) is 0 Å². The standard InChI is InChI=1S/C11H14N4O3/c12-10-6-1-2-15(11(6)14-5-13-10)9-3-7(17)8(4-16)18-9/h1-2,5,7-9,16-17H,3-4H2,(H2,12,13,14)/t7-,8+,9+/m1/s1. The number of aromatic nitrogens is 3. The molecule has 96 valence electrons. The van der Waals surface area contributed by atoms with Gasteiger partial charge in [-0.3, -0.25) is 0 Å². The normalized spacial score (nSPS) is 28.0. The highest BCUT2D eigenvalue weighted by Gasteiger charge is 2.34. The minimum Gasteiger partial charge on any atom is -0.394 e. The van der Waals surface area contributed by atoms with Gasteiger partial charge in [-0.2, -0.15) is 0 Å². The van der Waals surface area contributed by atoms with Gasteiger partial charge in [0.15, 0.2) is 0 Å². The van der Waals surface area contributed by atoms with E-state index >= 15 is 0 Å². The highest BCUT2D eigenvalue weighted by Crippen LogP contribution is 2.31. The second-order valence-corrected chi connectivity index (χ2v) is 4.33. The first-order valence-electron chi connectivity index (χ1n) is 5.72. The van der Waals surface area contributed by atoms with Crippen molar-refractivity contribution in [2.24, 2.45) is 0 Å². The number of hydrogen-bond acceptors (Lipinski definition) is 6. The quantitative estimate of drug-likeness (QED) is 0.673. The summed E-state index contributed by atoms with van der Waals surface area (Å²) < 4.78 is 7.37. The van der Waals surface area contributed by atoms with Crippen LogP contribution in [0.4, 0.5) is 5.82 Å². The number of aliphatic hydroxyl groups excluding tert-OH is 2. The van der Waals surface area contributed by atoms with Crippen LogP contribution in [0, 0.1) is 0 Å². The number of ether oxygens (including phenoxy) is 1. The summed E-state index contributed by atoms with van der Waals surface area (Å²) in [6, 6.07) is 1.81. The lowest BCUT2D eigenvalue weighted by atomic mass is 10.2. The van der Waals surface area contributed by atoms with Gasteiger partial charge < -0.3 is 25.3 Å². The van der Waals surface area contributed by atoms with E-state index in [1.165, 1.54) is 6.33 Å². The molecule has 0 unspecified atom stereocenters. The lowest BCUT2D eigenvalue weighted by molar-refractivity contribution is -0.0430. The fraction of sp³-hybridized carbons (Fsp3) is 0.455. The van der Waals surface area contributed by atoms with Crippen molar-refractivity contribution in [1.82, 2.24) is 14.5 Å². The SMILES string of the molecule is Nc1ncnc2c1ccn2[C@@H]1C[C@@H](O)[C@H](CO)O1. The minimum atomic E-state index is -0.670. The van der Waals surface area contributed by atoms with Gasteiger partial charge in [0.1, 0.15) is 30.1 Å². The smallest absolute Gasteiger partial charge is 0.147 e. The number of anilines is 1. The number of hydrogen-bond donors (Lipinski definition) is 3. The van der Waals surface area contributed by atoms with Crippen LogP contribution < -0.4 is 5.73 Å². The van der Waals surface area contributed by atoms with Gasteiger partial charge in [-0.1, -0.05) is 0 Å². The molecule has 1 saturated heterocycles. The Morgan fingerprint density at radius 1 is 1.50 bits per heavy atom. The molecule has 1 aliphatic rings. The average Bonchev–Trinajstić information content (AvgIpc) is 2.93. The van der Waals surface area contributed by atoms with Gasteiger partial charge >= 0.3 is 0 Å². The van der Waals surface area contributed by atoms with Crippen LogP contribution in [0.1, 0.15) is 12.6 Å². The minimum absolute atomic E-state index is 0.200. The molecule has 0 aromatic carbocycles. The summed E-state index contributed by atoms with van der Waals surface area (Å²) in [6.45, 7) is -0.200. The van der Waals surface area contributed by atoms with Gasteiger partial charge in [0.05, 0.1) is 18.1 Å². The van der Waals surface area contributed by atoms with Crippen LogP contribution in [0.2, 0.25) is 0 Å². The first kappa shape index (κ1) is 11.4. The van der Waals surface area contributed by atoms with Crippen LogP contribution in [0.3, 0.4) is 0 Å². The molecule has 0 amide bonds. The molecule has 3 atom stereocenters. The van der Waals surface area contributed by atoms with E-state index in [1.54, 1.807) is 10.8 Å². The van der Waals surface area contributed by atoms with E-state index in [2.05, 4.69) is 9.97 Å². The Labute approximate surface area is 103 Å². The van der Waals surface area contributed by atoms with E-state index in [0.29, 0.717) is 17.9 Å². The van der Waals surface area contributed by atoms with E-state index in [1.807, 2.05) is 6.07 Å². The van der Waals surface area contributed by atoms with Crippen molar-refractivity contribution in [2.45, 2.75) is 24.9 Å². The first-order valence-corrected chi connectivity index (χ1v) is 5.72. The van der Waals surface area contributed by atoms with Crippen molar-refractivity contribution in [3.63, 3.8) is 0 Å². The topological polar surface area (TPSA) is 106 Å². The lowest BCUT2D eigenvalue weighted by Crippen LogP contribution is -2.24. The average molecular weight is 250 g/mol. The Kier molecular flexibility index (Phi) is 2.66. The Balaban J connectivity index is 1.99. The van der Waals surface area contributed by atoms with Crippen LogP contribution in [-0.4, -0.2) is 43.6 Å². The van der Waals surface area contributed by atoms with Crippen molar-refractivity contribution >= 4 is 16.9 Å². The monoisotopic (exact) mass is 250 g/mol. The Hall–Kier alpha value is -1.70. The van der Waals surface area contributed by atoms with Crippen molar-refractivity contribution in [1.29, 1.82) is 0 Å². The second-order valence-electron chi connectivity index (χ2n) is 4.33. The van der Waals surface area contributed by atoms with Crippen molar-refractivity contribution in [3.05, 3.63) is 18.6 Å². The molecule has 0 spiro atoms. The summed E-state index contributed by atoms with van der Waals surface area (Å²) in [5, 5.41) is 19.6. The molecule has 1 aliphatic heterocycles. The van der Waals surface area contributed by atoms with Gasteiger partial charge in [0.2, 0.25) is 0 Å². The van der Waals surface area contributed by atoms with E-state index in [4.69, 9.17) is 15.6 Å². The van der Waals surface area contributed by atoms with E-state index in [0.717, 1.165) is 5.39 Å². The van der Waals surface area contributed by atoms with Crippen LogP contribution in [0.15, 0.2) is 18.6 Å². The van der Waals surface area contributed by atoms with Crippen LogP contribution in [0.25, 0.3) is 11.0 Å². The lowest BCUT2D eigenvalue weighted by Gasteiger charge is -2.14. The molecule has 2 aromatic heterocycles. The summed E-state index contributed by atoms with van der Waals surface area (Å²) in [5.41, 5.74) is 6.42. The van der Waals surface area contributed by atoms with Gasteiger partial charge in [-0.25, -0.2) is 9.97 Å². The summed E-state index contributed by atoms with van der Waals surface area (Å²) in [4.78, 5) is 8.09. The predicted octanol–water partition coefficient (Wildman–Crippen LogP) is -0.346. The van der Waals surface area contributed by atoms with Gasteiger partial charge in [0.25, 0.3) is 0 Å². The molecule has 7 heteroatoms. The molecular formula is C11H14N4O3. The van der Waals surface area contributed by atoms with E-state index < -0.39 is 12.2 Å². The maximum atomic E-state index is 9.73. The molecule has 1 fully saturated rings. The number of fused-ring (bicyclic) bond motifs is 1. The number of rotatable bonds is 2. The van der Waals surface area contributed by atoms with Crippen molar-refractivity contribution in [3.8, 4) is 0 Å². The predicted molar refractivity (Wildman–Crippen MR) is 63.6 cm³/mol. The van der Waals surface area contributed by atoms with Crippen LogP contribution >= 0.6 is 0 Å². The number of nitrogens with two attached hydrogens (primary N) is 1. The Morgan fingerprint density at radius 3 is 3.06 bits per heavy atom. The second kappa shape index (κ2) is 4.20. The van der Waals surface area contributed by atoms with Crippen molar-refractivity contribution < 1.29 is 14.9 Å². The van der Waals surface area contributed by atoms with Gasteiger partial charge in [0, 0.05) is 12.6 Å². The molecule has 0 radical (unpaired) electrons. The zero-order valence-electron chi connectivity index (χ0n) is 9.60. The highest BCUT2D eigenvalue weighted by atomic mass is 16.5. The molecule has 0 aliphatic carbocycles. The summed E-state index contributed by atoms with van der Waals surface area (Å²) in [5.74, 6) is 0.413. The molecular weight excluding hydrogens is 236 g/mol. The molecule has 4 N–H and O–H groups in total. The molecule has 0 bridgehead atoms. The molecule has 2 aromatic rings. The maximum Gasteiger partial charge on any atom is 0.147 e. The molecule has 3 heterocycles. The number of nitrogen functional groups attached to an aromatic ring is 1. The van der Waals surface area contributed by atoms with Gasteiger partial charge in [-0.05, 0) is 6.07 Å². The third-order valence-electron chi connectivity index (χ3n) is 3.23. The zero-order chi connectivity index (χ0) is 12.7. The van der Waals surface area contributed by atoms with E-state index in [9.17, 15) is 5.11 Å². The molecule has 0 saturated carbocycles. The van der Waals surface area contributed by atoms with Gasteiger partial charge in [-0.15, -0.1) is 0 Å². The first-order chi connectivity index (χ1) is 8.70. The Bertz CT molecular complexity index is 570. The number of aliphatic hydroxyl groups is 2. The Morgan fingerprint density at radius 2 is 2.33 bits per heavy atom. The zero-order valence-corrected chi connectivity index (χ0v) is 9.60. The maximum absolute atomic E-state index is 9.73. The highest BCUT2D eigenvalue weighted by molar-refractivity contribution is 5.86. The van der Waals surface area contributed by atoms with E-state index in [-0.39, 0.29) is 12.8 Å². The third kappa shape index (κ3) is 1.64. The fourth-order valence-electron chi connectivity index (χ4n) is 2.27.